The van der Waals surface area contributed by atoms with E-state index >= 15 is 0 Å². The third-order valence-corrected chi connectivity index (χ3v) is 7.24. The molecule has 1 unspecified atom stereocenters. The molecule has 5 rings (SSSR count). The number of ketones is 1. The van der Waals surface area contributed by atoms with Gasteiger partial charge in [-0.2, -0.15) is 0 Å². The predicted molar refractivity (Wildman–Crippen MR) is 148 cm³/mol. The topological polar surface area (TPSA) is 84.3 Å². The molecular weight excluding hydrogens is 575 g/mol. The van der Waals surface area contributed by atoms with Gasteiger partial charge in [0, 0.05) is 34.1 Å². The van der Waals surface area contributed by atoms with Gasteiger partial charge in [-0.15, -0.1) is 0 Å². The van der Waals surface area contributed by atoms with Crippen molar-refractivity contribution in [2.45, 2.75) is 32.1 Å². The number of amides is 2. The number of carbonyl (C=O) groups is 3. The van der Waals surface area contributed by atoms with Gasteiger partial charge in [0.1, 0.15) is 29.2 Å². The van der Waals surface area contributed by atoms with Gasteiger partial charge in [0.2, 0.25) is 11.8 Å². The van der Waals surface area contributed by atoms with E-state index in [0.717, 1.165) is 11.1 Å². The maximum Gasteiger partial charge on any atom is 0.248 e. The predicted octanol–water partition coefficient (Wildman–Crippen LogP) is 5.90. The first kappa shape index (κ1) is 26.1. The van der Waals surface area contributed by atoms with E-state index in [1.54, 1.807) is 35.0 Å². The molecule has 4 aromatic rings. The number of aromatic nitrogens is 2. The van der Waals surface area contributed by atoms with Crippen molar-refractivity contribution in [1.29, 1.82) is 0 Å². The summed E-state index contributed by atoms with van der Waals surface area (Å²) in [5, 5.41) is 3.96. The van der Waals surface area contributed by atoms with Gasteiger partial charge < -0.3 is 14.8 Å². The molecule has 7 nitrogen and oxygen atoms in total. The Morgan fingerprint density at radius 3 is 2.61 bits per heavy atom. The van der Waals surface area contributed by atoms with Crippen LogP contribution in [0.3, 0.4) is 0 Å². The van der Waals surface area contributed by atoms with Gasteiger partial charge in [-0.1, -0.05) is 35.9 Å². The van der Waals surface area contributed by atoms with Crippen LogP contribution in [0.2, 0.25) is 5.02 Å². The summed E-state index contributed by atoms with van der Waals surface area (Å²) < 4.78 is 16.6. The Labute approximate surface area is 231 Å². The molecule has 2 amide bonds. The third kappa shape index (κ3) is 5.35. The lowest BCUT2D eigenvalue weighted by molar-refractivity contribution is -0.137. The summed E-state index contributed by atoms with van der Waals surface area (Å²) in [5.41, 5.74) is 2.93. The van der Waals surface area contributed by atoms with Crippen molar-refractivity contribution in [3.05, 3.63) is 82.0 Å². The molecule has 0 aliphatic carbocycles. The van der Waals surface area contributed by atoms with Crippen LogP contribution in [0.25, 0.3) is 22.0 Å². The fourth-order valence-electron chi connectivity index (χ4n) is 4.79. The van der Waals surface area contributed by atoms with Crippen molar-refractivity contribution in [3.63, 3.8) is 0 Å². The molecule has 0 saturated carbocycles. The molecule has 1 N–H and O–H groups in total. The molecule has 2 atom stereocenters. The fraction of sp³-hybridized carbons (Fsp3) is 0.214. The van der Waals surface area contributed by atoms with Gasteiger partial charge in [0.15, 0.2) is 5.78 Å². The standard InChI is InChI=1S/C28H23BrClFN4O3/c1-16(36)22-14-34(23-9-8-18(11-21(22)23)17-4-2-5-19(30)10-17)15-27(37)35-13-20(31)12-24(35)28(38)33-26-7-3-6-25(29)32-26/h2-11,14,20,24H,12-13,15H2,1H3,(H,32,33,38)/t20-,24?/m1/s1. The minimum atomic E-state index is -1.32. The molecule has 0 bridgehead atoms. The summed E-state index contributed by atoms with van der Waals surface area (Å²) in [6.07, 6.45) is 0.218. The average Bonchev–Trinajstić information content (AvgIpc) is 3.44. The minimum absolute atomic E-state index is 0.0975. The van der Waals surface area contributed by atoms with Gasteiger partial charge in [0.25, 0.3) is 0 Å². The molecule has 3 heterocycles. The van der Waals surface area contributed by atoms with Crippen LogP contribution < -0.4 is 5.32 Å². The van der Waals surface area contributed by atoms with Crippen LogP contribution in [0, 0.1) is 0 Å². The van der Waals surface area contributed by atoms with E-state index in [1.807, 2.05) is 36.4 Å². The zero-order valence-electron chi connectivity index (χ0n) is 20.3. The maximum absolute atomic E-state index is 14.4. The molecule has 0 spiro atoms. The summed E-state index contributed by atoms with van der Waals surface area (Å²) >= 11 is 9.40. The molecule has 1 saturated heterocycles. The lowest BCUT2D eigenvalue weighted by Crippen LogP contribution is -2.44. The van der Waals surface area contributed by atoms with Crippen molar-refractivity contribution >= 4 is 61.8 Å². The van der Waals surface area contributed by atoms with E-state index in [2.05, 4.69) is 26.2 Å². The van der Waals surface area contributed by atoms with E-state index in [4.69, 9.17) is 11.6 Å². The Morgan fingerprint density at radius 1 is 1.11 bits per heavy atom. The zero-order chi connectivity index (χ0) is 27.0. The van der Waals surface area contributed by atoms with Crippen molar-refractivity contribution in [2.75, 3.05) is 11.9 Å². The number of carbonyl (C=O) groups excluding carboxylic acids is 3. The third-order valence-electron chi connectivity index (χ3n) is 6.56. The molecule has 1 aliphatic heterocycles. The Balaban J connectivity index is 1.41. The van der Waals surface area contributed by atoms with Gasteiger partial charge in [-0.3, -0.25) is 14.4 Å². The van der Waals surface area contributed by atoms with Gasteiger partial charge in [0.05, 0.1) is 6.54 Å². The molecule has 2 aromatic carbocycles. The molecule has 10 heteroatoms. The lowest BCUT2D eigenvalue weighted by atomic mass is 10.0. The quantitative estimate of drug-likeness (QED) is 0.222. The van der Waals surface area contributed by atoms with E-state index in [0.29, 0.717) is 31.9 Å². The monoisotopic (exact) mass is 596 g/mol. The number of halogens is 3. The van der Waals surface area contributed by atoms with Crippen LogP contribution in [0.1, 0.15) is 23.7 Å². The van der Waals surface area contributed by atoms with Gasteiger partial charge in [-0.05, 0) is 70.4 Å². The Bertz CT molecular complexity index is 1570. The summed E-state index contributed by atoms with van der Waals surface area (Å²) in [7, 11) is 0. The summed E-state index contributed by atoms with van der Waals surface area (Å²) in [4.78, 5) is 44.2. The van der Waals surface area contributed by atoms with Crippen molar-refractivity contribution in [1.82, 2.24) is 14.5 Å². The number of anilines is 1. The number of nitrogens with one attached hydrogen (secondary N) is 1. The highest BCUT2D eigenvalue weighted by atomic mass is 79.9. The highest BCUT2D eigenvalue weighted by Gasteiger charge is 2.40. The number of pyridine rings is 1. The summed E-state index contributed by atoms with van der Waals surface area (Å²) in [6, 6.07) is 17.1. The number of alkyl halides is 1. The van der Waals surface area contributed by atoms with Crippen molar-refractivity contribution < 1.29 is 18.8 Å². The molecule has 0 radical (unpaired) electrons. The Hall–Kier alpha value is -3.56. The number of rotatable bonds is 6. The van der Waals surface area contributed by atoms with Crippen LogP contribution in [0.15, 0.2) is 71.5 Å². The van der Waals surface area contributed by atoms with Crippen LogP contribution >= 0.6 is 27.5 Å². The molecular formula is C28H23BrClFN4O3. The number of fused-ring (bicyclic) bond motifs is 1. The van der Waals surface area contributed by atoms with Gasteiger partial charge in [-0.25, -0.2) is 9.37 Å². The summed E-state index contributed by atoms with van der Waals surface area (Å²) in [5.74, 6) is -0.763. The van der Waals surface area contributed by atoms with Crippen LogP contribution in [0.4, 0.5) is 10.2 Å². The second-order valence-electron chi connectivity index (χ2n) is 9.20. The molecule has 194 valence electrons. The molecule has 1 aliphatic rings. The van der Waals surface area contributed by atoms with E-state index in [-0.39, 0.29) is 25.3 Å². The maximum atomic E-state index is 14.4. The average molecular weight is 598 g/mol. The van der Waals surface area contributed by atoms with Crippen LogP contribution in [0.5, 0.6) is 0 Å². The SMILES string of the molecule is CC(=O)c1cn(CC(=O)N2C[C@H](F)CC2C(=O)Nc2cccc(Br)n2)c2ccc(-c3cccc(Cl)c3)cc12. The van der Waals surface area contributed by atoms with E-state index < -0.39 is 24.0 Å². The van der Waals surface area contributed by atoms with Gasteiger partial charge >= 0.3 is 0 Å². The highest BCUT2D eigenvalue weighted by Crippen LogP contribution is 2.30. The number of hydrogen-bond acceptors (Lipinski definition) is 4. The van der Waals surface area contributed by atoms with E-state index in [1.165, 1.54) is 11.8 Å². The van der Waals surface area contributed by atoms with Crippen molar-refractivity contribution in [3.8, 4) is 11.1 Å². The Morgan fingerprint density at radius 2 is 1.87 bits per heavy atom. The zero-order valence-corrected chi connectivity index (χ0v) is 22.7. The molecule has 2 aromatic heterocycles. The van der Waals surface area contributed by atoms with E-state index in [9.17, 15) is 18.8 Å². The smallest absolute Gasteiger partial charge is 0.248 e. The first-order valence-electron chi connectivity index (χ1n) is 12.0. The molecule has 1 fully saturated rings. The Kier molecular flexibility index (Phi) is 7.32. The number of likely N-dealkylation sites (tertiary alicyclic amines) is 1. The number of nitrogens with zero attached hydrogens (tertiary/aromatic N) is 3. The lowest BCUT2D eigenvalue weighted by Gasteiger charge is -2.24. The van der Waals surface area contributed by atoms with Crippen LogP contribution in [-0.4, -0.2) is 50.8 Å². The number of benzene rings is 2. The van der Waals surface area contributed by atoms with Crippen LogP contribution in [-0.2, 0) is 16.1 Å². The first-order valence-corrected chi connectivity index (χ1v) is 13.1. The largest absolute Gasteiger partial charge is 0.337 e. The normalized spacial score (nSPS) is 17.1. The van der Waals surface area contributed by atoms with Crippen molar-refractivity contribution in [2.24, 2.45) is 0 Å². The minimum Gasteiger partial charge on any atom is -0.337 e. The highest BCUT2D eigenvalue weighted by molar-refractivity contribution is 9.10. The number of hydrogen-bond donors (Lipinski definition) is 1. The molecule has 38 heavy (non-hydrogen) atoms. The number of Topliss-reactive ketones (excluding diaryl/α,β-unsaturated/α-hetero) is 1. The first-order chi connectivity index (χ1) is 18.2. The summed E-state index contributed by atoms with van der Waals surface area (Å²) in [6.45, 7) is 1.14. The second kappa shape index (κ2) is 10.7. The second-order valence-corrected chi connectivity index (χ2v) is 10.4. The fourth-order valence-corrected chi connectivity index (χ4v) is 5.32.